The van der Waals surface area contributed by atoms with Gasteiger partial charge in [-0.25, -0.2) is 4.79 Å². The van der Waals surface area contributed by atoms with Gasteiger partial charge in [-0.1, -0.05) is 46.3 Å². The molecule has 1 N–H and O–H groups in total. The number of amides is 1. The van der Waals surface area contributed by atoms with Crippen molar-refractivity contribution in [3.8, 4) is 5.75 Å². The summed E-state index contributed by atoms with van der Waals surface area (Å²) in [5, 5.41) is 2.73. The van der Waals surface area contributed by atoms with E-state index in [9.17, 15) is 14.4 Å². The van der Waals surface area contributed by atoms with Crippen LogP contribution in [0.2, 0.25) is 0 Å². The maximum Gasteiger partial charge on any atom is 0.338 e. The van der Waals surface area contributed by atoms with Crippen LogP contribution < -0.4 is 10.1 Å². The number of esters is 1. The zero-order chi connectivity index (χ0) is 21.5. The third kappa shape index (κ3) is 5.33. The van der Waals surface area contributed by atoms with Crippen LogP contribution in [0.1, 0.15) is 31.1 Å². The van der Waals surface area contributed by atoms with Crippen molar-refractivity contribution in [2.75, 3.05) is 19.0 Å². The van der Waals surface area contributed by atoms with Crippen LogP contribution in [0.5, 0.6) is 5.75 Å². The number of Topliss-reactive ketones (excluding diaryl/α,β-unsaturated/α-hetero) is 1. The lowest BCUT2D eigenvalue weighted by atomic mass is 10.1. The highest BCUT2D eigenvalue weighted by atomic mass is 79.9. The van der Waals surface area contributed by atoms with Gasteiger partial charge in [0.15, 0.2) is 12.4 Å². The topological polar surface area (TPSA) is 81.7 Å². The summed E-state index contributed by atoms with van der Waals surface area (Å²) in [5.74, 6) is -0.897. The first-order chi connectivity index (χ1) is 14.5. The van der Waals surface area contributed by atoms with Gasteiger partial charge in [0.2, 0.25) is 0 Å². The van der Waals surface area contributed by atoms with E-state index in [1.807, 2.05) is 0 Å². The number of rotatable bonds is 7. The van der Waals surface area contributed by atoms with Crippen LogP contribution in [-0.4, -0.2) is 31.4 Å². The molecule has 3 rings (SSSR count). The second-order valence-corrected chi connectivity index (χ2v) is 7.16. The average Bonchev–Trinajstić information content (AvgIpc) is 2.77. The molecular formula is C23H18BrNO5. The molecule has 6 nitrogen and oxygen atoms in total. The maximum atomic E-state index is 12.5. The second kappa shape index (κ2) is 9.84. The second-order valence-electron chi connectivity index (χ2n) is 6.24. The Morgan fingerprint density at radius 1 is 0.900 bits per heavy atom. The van der Waals surface area contributed by atoms with Crippen LogP contribution in [0.3, 0.4) is 0 Å². The van der Waals surface area contributed by atoms with Crippen molar-refractivity contribution in [1.29, 1.82) is 0 Å². The molecule has 0 spiro atoms. The van der Waals surface area contributed by atoms with Gasteiger partial charge >= 0.3 is 5.97 Å². The van der Waals surface area contributed by atoms with Crippen molar-refractivity contribution in [2.45, 2.75) is 0 Å². The maximum absolute atomic E-state index is 12.5. The van der Waals surface area contributed by atoms with Gasteiger partial charge in [0.25, 0.3) is 5.91 Å². The summed E-state index contributed by atoms with van der Waals surface area (Å²) in [6.45, 7) is -0.377. The molecule has 0 saturated carbocycles. The Bertz CT molecular complexity index is 1080. The Morgan fingerprint density at radius 3 is 2.37 bits per heavy atom. The number of benzene rings is 3. The van der Waals surface area contributed by atoms with Gasteiger partial charge in [-0.2, -0.15) is 0 Å². The fourth-order valence-electron chi connectivity index (χ4n) is 2.69. The minimum absolute atomic E-state index is 0.219. The van der Waals surface area contributed by atoms with Crippen molar-refractivity contribution < 1.29 is 23.9 Å². The first-order valence-corrected chi connectivity index (χ1v) is 9.77. The van der Waals surface area contributed by atoms with Gasteiger partial charge in [-0.05, 0) is 42.5 Å². The summed E-state index contributed by atoms with van der Waals surface area (Å²) >= 11 is 3.30. The Balaban J connectivity index is 1.64. The summed E-state index contributed by atoms with van der Waals surface area (Å²) < 4.78 is 11.2. The summed E-state index contributed by atoms with van der Waals surface area (Å²) in [6, 6.07) is 19.9. The molecule has 0 unspecified atom stereocenters. The smallest absolute Gasteiger partial charge is 0.338 e. The Hall–Kier alpha value is -3.45. The number of halogens is 1. The van der Waals surface area contributed by atoms with E-state index < -0.39 is 5.97 Å². The number of hydrogen-bond donors (Lipinski definition) is 1. The number of ether oxygens (including phenoxy) is 2. The molecular weight excluding hydrogens is 450 g/mol. The van der Waals surface area contributed by atoms with Crippen molar-refractivity contribution in [1.82, 2.24) is 0 Å². The molecule has 3 aromatic carbocycles. The summed E-state index contributed by atoms with van der Waals surface area (Å²) in [5.41, 5.74) is 1.45. The van der Waals surface area contributed by atoms with E-state index in [1.54, 1.807) is 66.7 Å². The molecule has 1 amide bonds. The first kappa shape index (κ1) is 21.3. The quantitative estimate of drug-likeness (QED) is 0.400. The highest BCUT2D eigenvalue weighted by Gasteiger charge is 2.15. The predicted octanol–water partition coefficient (Wildman–Crippen LogP) is 4.75. The number of carbonyl (C=O) groups is 3. The molecule has 30 heavy (non-hydrogen) atoms. The molecule has 0 fully saturated rings. The zero-order valence-corrected chi connectivity index (χ0v) is 17.6. The standard InChI is InChI=1S/C23H18BrNO5/c1-29-21-8-3-2-7-19(21)22(27)25-18-6-4-5-16(13-18)23(28)30-14-20(26)15-9-11-17(24)12-10-15/h2-13H,14H2,1H3,(H,25,27). The predicted molar refractivity (Wildman–Crippen MR) is 116 cm³/mol. The molecule has 152 valence electrons. The van der Waals surface area contributed by atoms with Gasteiger partial charge < -0.3 is 14.8 Å². The molecule has 0 heterocycles. The van der Waals surface area contributed by atoms with Gasteiger partial charge in [-0.3, -0.25) is 9.59 Å². The van der Waals surface area contributed by atoms with E-state index in [0.29, 0.717) is 22.6 Å². The average molecular weight is 468 g/mol. The van der Waals surface area contributed by atoms with Crippen LogP contribution >= 0.6 is 15.9 Å². The number of nitrogens with one attached hydrogen (secondary N) is 1. The molecule has 0 atom stereocenters. The number of ketones is 1. The highest BCUT2D eigenvalue weighted by Crippen LogP contribution is 2.20. The summed E-state index contributed by atoms with van der Waals surface area (Å²) in [6.07, 6.45) is 0. The molecule has 0 aromatic heterocycles. The zero-order valence-electron chi connectivity index (χ0n) is 16.1. The molecule has 0 aliphatic carbocycles. The number of anilines is 1. The molecule has 3 aromatic rings. The van der Waals surface area contributed by atoms with Gasteiger partial charge in [0, 0.05) is 15.7 Å². The number of methoxy groups -OCH3 is 1. The van der Waals surface area contributed by atoms with E-state index in [0.717, 1.165) is 4.47 Å². The first-order valence-electron chi connectivity index (χ1n) is 8.98. The van der Waals surface area contributed by atoms with Crippen molar-refractivity contribution in [2.24, 2.45) is 0 Å². The molecule has 0 aliphatic heterocycles. The number of para-hydroxylation sites is 1. The van der Waals surface area contributed by atoms with Crippen LogP contribution in [0, 0.1) is 0 Å². The van der Waals surface area contributed by atoms with E-state index >= 15 is 0 Å². The SMILES string of the molecule is COc1ccccc1C(=O)Nc1cccc(C(=O)OCC(=O)c2ccc(Br)cc2)c1. The van der Waals surface area contributed by atoms with Crippen LogP contribution in [0.15, 0.2) is 77.3 Å². The van der Waals surface area contributed by atoms with E-state index in [2.05, 4.69) is 21.2 Å². The van der Waals surface area contributed by atoms with Gasteiger partial charge in [0.05, 0.1) is 18.2 Å². The minimum atomic E-state index is -0.658. The van der Waals surface area contributed by atoms with Gasteiger partial charge in [0.1, 0.15) is 5.75 Å². The monoisotopic (exact) mass is 467 g/mol. The largest absolute Gasteiger partial charge is 0.496 e. The van der Waals surface area contributed by atoms with Crippen molar-refractivity contribution >= 4 is 39.3 Å². The van der Waals surface area contributed by atoms with E-state index in [-0.39, 0.29) is 23.9 Å². The lowest BCUT2D eigenvalue weighted by molar-refractivity contribution is 0.0474. The Morgan fingerprint density at radius 2 is 1.63 bits per heavy atom. The highest BCUT2D eigenvalue weighted by molar-refractivity contribution is 9.10. The van der Waals surface area contributed by atoms with Crippen molar-refractivity contribution in [3.05, 3.63) is 94.0 Å². The lowest BCUT2D eigenvalue weighted by Crippen LogP contribution is -2.15. The fourth-order valence-corrected chi connectivity index (χ4v) is 2.95. The molecule has 0 aliphatic rings. The summed E-state index contributed by atoms with van der Waals surface area (Å²) in [4.78, 5) is 37.0. The Labute approximate surface area is 181 Å². The Kier molecular flexibility index (Phi) is 6.98. The minimum Gasteiger partial charge on any atom is -0.496 e. The number of hydrogen-bond acceptors (Lipinski definition) is 5. The third-order valence-electron chi connectivity index (χ3n) is 4.21. The molecule has 0 bridgehead atoms. The molecule has 7 heteroatoms. The van der Waals surface area contributed by atoms with Gasteiger partial charge in [-0.15, -0.1) is 0 Å². The summed E-state index contributed by atoms with van der Waals surface area (Å²) in [7, 11) is 1.48. The fraction of sp³-hybridized carbons (Fsp3) is 0.0870. The molecule has 0 radical (unpaired) electrons. The van der Waals surface area contributed by atoms with E-state index in [4.69, 9.17) is 9.47 Å². The van der Waals surface area contributed by atoms with Crippen LogP contribution in [-0.2, 0) is 4.74 Å². The van der Waals surface area contributed by atoms with Crippen LogP contribution in [0.4, 0.5) is 5.69 Å². The number of carbonyl (C=O) groups excluding carboxylic acids is 3. The lowest BCUT2D eigenvalue weighted by Gasteiger charge is -2.10. The third-order valence-corrected chi connectivity index (χ3v) is 4.74. The van der Waals surface area contributed by atoms with Crippen molar-refractivity contribution in [3.63, 3.8) is 0 Å². The molecule has 0 saturated heterocycles. The normalized spacial score (nSPS) is 10.2. The van der Waals surface area contributed by atoms with E-state index in [1.165, 1.54) is 13.2 Å². The van der Waals surface area contributed by atoms with Crippen LogP contribution in [0.25, 0.3) is 0 Å².